The second-order valence-electron chi connectivity index (χ2n) is 19.3. The molecule has 3 heteroatoms. The van der Waals surface area contributed by atoms with Crippen molar-refractivity contribution in [2.45, 2.75) is 196 Å². The smallest absolute Gasteiger partial charge is 0.306 e. The lowest BCUT2D eigenvalue weighted by Gasteiger charge is -2.73. The van der Waals surface area contributed by atoms with Gasteiger partial charge in [-0.25, -0.2) is 0 Å². The van der Waals surface area contributed by atoms with Gasteiger partial charge in [-0.1, -0.05) is 118 Å². The van der Waals surface area contributed by atoms with E-state index < -0.39 is 0 Å². The van der Waals surface area contributed by atoms with Crippen molar-refractivity contribution in [1.29, 1.82) is 0 Å². The molecule has 5 rings (SSSR count). The minimum atomic E-state index is 0.00792. The van der Waals surface area contributed by atoms with Crippen LogP contribution in [0.2, 0.25) is 0 Å². The van der Waals surface area contributed by atoms with Crippen LogP contribution in [-0.2, 0) is 9.53 Å². The van der Waals surface area contributed by atoms with Gasteiger partial charge in [0.25, 0.3) is 0 Å². The summed E-state index contributed by atoms with van der Waals surface area (Å²) in [4.78, 5) is 13.1. The molecule has 0 saturated heterocycles. The summed E-state index contributed by atoms with van der Waals surface area (Å²) in [5.74, 6) is 3.22. The van der Waals surface area contributed by atoms with Crippen molar-refractivity contribution in [2.75, 3.05) is 6.61 Å². The predicted molar refractivity (Wildman–Crippen MR) is 197 cm³/mol. The molecule has 0 unspecified atom stereocenters. The van der Waals surface area contributed by atoms with Gasteiger partial charge in [0.2, 0.25) is 0 Å². The molecule has 0 aromatic carbocycles. The number of esters is 1. The van der Waals surface area contributed by atoms with Gasteiger partial charge in [-0.15, -0.1) is 0 Å². The first-order valence-electron chi connectivity index (χ1n) is 20.8. The maximum absolute atomic E-state index is 13.1. The summed E-state index contributed by atoms with van der Waals surface area (Å²) in [5, 5.41) is 10.8. The summed E-state index contributed by atoms with van der Waals surface area (Å²) in [7, 11) is 0. The van der Waals surface area contributed by atoms with Crippen LogP contribution in [0.15, 0.2) is 12.2 Å². The number of aliphatic hydroxyl groups is 1. The first-order chi connectivity index (χ1) is 22.3. The van der Waals surface area contributed by atoms with Gasteiger partial charge >= 0.3 is 5.97 Å². The molecule has 5 aliphatic rings. The van der Waals surface area contributed by atoms with E-state index in [1.54, 1.807) is 0 Å². The van der Waals surface area contributed by atoms with Gasteiger partial charge in [-0.3, -0.25) is 4.79 Å². The minimum Gasteiger partial charge on any atom is -0.462 e. The molecule has 0 bridgehead atoms. The van der Waals surface area contributed by atoms with Gasteiger partial charge in [-0.2, -0.15) is 0 Å². The summed E-state index contributed by atoms with van der Waals surface area (Å²) < 4.78 is 6.39. The Morgan fingerprint density at radius 3 is 1.98 bits per heavy atom. The molecule has 0 aromatic rings. The summed E-state index contributed by atoms with van der Waals surface area (Å²) in [6, 6.07) is 0. The highest BCUT2D eigenvalue weighted by atomic mass is 16.5. The number of unbranched alkanes of at least 4 members (excludes halogenated alkanes) is 10. The van der Waals surface area contributed by atoms with Crippen molar-refractivity contribution in [3.63, 3.8) is 0 Å². The Labute approximate surface area is 291 Å². The van der Waals surface area contributed by atoms with E-state index in [-0.39, 0.29) is 22.9 Å². The first kappa shape index (κ1) is 37.4. The Bertz CT molecular complexity index is 1080. The monoisotopic (exact) mass is 653 g/mol. The van der Waals surface area contributed by atoms with Crippen molar-refractivity contribution in [2.24, 2.45) is 56.7 Å². The van der Waals surface area contributed by atoms with Gasteiger partial charge in [-0.05, 0) is 129 Å². The van der Waals surface area contributed by atoms with Crippen LogP contribution in [0.3, 0.4) is 0 Å². The van der Waals surface area contributed by atoms with Crippen molar-refractivity contribution >= 4 is 5.97 Å². The maximum Gasteiger partial charge on any atom is 0.306 e. The number of rotatable bonds is 15. The third-order valence-corrected chi connectivity index (χ3v) is 16.8. The zero-order chi connectivity index (χ0) is 34.1. The average molecular weight is 653 g/mol. The second-order valence-corrected chi connectivity index (χ2v) is 19.3. The standard InChI is InChI=1S/C44H76O3/c1-9-10-11-12-13-14-15-16-17-18-19-20-38(46)47-37-25-26-41(6)35(40(37,4)5)24-27-43(8)36(41)22-21-34-39-33(32(2)3)23-28-44(39,31-45)30-29-42(34,43)7/h33-37,39,45H,2,9-31H2,1,3-8H3/t33-,34+,35-,36+,37-,39+,41-,42+,43+,44+/m0/s1. The van der Waals surface area contributed by atoms with Crippen LogP contribution in [0.1, 0.15) is 190 Å². The van der Waals surface area contributed by atoms with E-state index >= 15 is 0 Å². The third kappa shape index (κ3) is 6.69. The fourth-order valence-electron chi connectivity index (χ4n) is 13.9. The fraction of sp³-hybridized carbons (Fsp3) is 0.932. The Balaban J connectivity index is 1.17. The van der Waals surface area contributed by atoms with E-state index in [1.807, 2.05) is 0 Å². The van der Waals surface area contributed by atoms with Gasteiger partial charge < -0.3 is 9.84 Å². The number of fused-ring (bicyclic) bond motifs is 7. The lowest BCUT2D eigenvalue weighted by atomic mass is 9.32. The molecule has 5 aliphatic carbocycles. The summed E-state index contributed by atoms with van der Waals surface area (Å²) in [5.41, 5.74) is 2.41. The molecule has 0 amide bonds. The van der Waals surface area contributed by atoms with Gasteiger partial charge in [0.1, 0.15) is 6.10 Å². The molecule has 3 nitrogen and oxygen atoms in total. The topological polar surface area (TPSA) is 46.5 Å². The summed E-state index contributed by atoms with van der Waals surface area (Å²) in [6.07, 6.45) is 27.3. The summed E-state index contributed by atoms with van der Waals surface area (Å²) in [6.45, 7) is 22.3. The highest BCUT2D eigenvalue weighted by molar-refractivity contribution is 5.69. The number of hydrogen-bond acceptors (Lipinski definition) is 3. The quantitative estimate of drug-likeness (QED) is 0.109. The zero-order valence-corrected chi connectivity index (χ0v) is 32.2. The molecule has 0 radical (unpaired) electrons. The zero-order valence-electron chi connectivity index (χ0n) is 32.2. The molecule has 5 fully saturated rings. The number of ether oxygens (including phenoxy) is 1. The van der Waals surface area contributed by atoms with E-state index in [0.717, 1.165) is 19.3 Å². The average Bonchev–Trinajstić information content (AvgIpc) is 3.42. The van der Waals surface area contributed by atoms with Gasteiger partial charge in [0.15, 0.2) is 0 Å². The maximum atomic E-state index is 13.1. The lowest BCUT2D eigenvalue weighted by molar-refractivity contribution is -0.251. The van der Waals surface area contributed by atoms with E-state index in [2.05, 4.69) is 55.0 Å². The number of carbonyl (C=O) groups excluding carboxylic acids is 1. The molecule has 10 atom stereocenters. The van der Waals surface area contributed by atoms with Crippen LogP contribution in [0.25, 0.3) is 0 Å². The Morgan fingerprint density at radius 2 is 1.36 bits per heavy atom. The van der Waals surface area contributed by atoms with E-state index in [0.29, 0.717) is 58.9 Å². The first-order valence-corrected chi connectivity index (χ1v) is 20.8. The SMILES string of the molecule is C=C(C)[C@@H]1CC[C@]2(CO)CC[C@]3(C)[C@H](CC[C@@H]4[C@@]5(C)CC[C@H](OC(=O)CCCCCCCCCCCCC)C(C)(C)[C@@H]5CC[C@]43C)[C@@H]12. The molecule has 0 spiro atoms. The molecule has 0 aromatic heterocycles. The number of aliphatic hydroxyl groups excluding tert-OH is 1. The predicted octanol–water partition coefficient (Wildman–Crippen LogP) is 12.2. The Hall–Kier alpha value is -0.830. The highest BCUT2D eigenvalue weighted by Gasteiger charge is 2.71. The second kappa shape index (κ2) is 14.8. The number of hydrogen-bond donors (Lipinski definition) is 1. The molecular formula is C44H76O3. The highest BCUT2D eigenvalue weighted by Crippen LogP contribution is 2.77. The normalized spacial score (nSPS) is 42.1. The lowest BCUT2D eigenvalue weighted by Crippen LogP contribution is -2.67. The van der Waals surface area contributed by atoms with E-state index in [4.69, 9.17) is 4.74 Å². The van der Waals surface area contributed by atoms with Crippen molar-refractivity contribution in [3.8, 4) is 0 Å². The fourth-order valence-corrected chi connectivity index (χ4v) is 13.9. The van der Waals surface area contributed by atoms with Crippen molar-refractivity contribution in [3.05, 3.63) is 12.2 Å². The molecule has 0 aliphatic heterocycles. The minimum absolute atomic E-state index is 0.00792. The molecular weight excluding hydrogens is 576 g/mol. The molecule has 0 heterocycles. The van der Waals surface area contributed by atoms with Crippen LogP contribution >= 0.6 is 0 Å². The van der Waals surface area contributed by atoms with Gasteiger partial charge in [0, 0.05) is 18.4 Å². The van der Waals surface area contributed by atoms with Crippen LogP contribution in [-0.4, -0.2) is 23.8 Å². The molecule has 47 heavy (non-hydrogen) atoms. The molecule has 1 N–H and O–H groups in total. The van der Waals surface area contributed by atoms with Crippen LogP contribution in [0, 0.1) is 56.7 Å². The molecule has 270 valence electrons. The van der Waals surface area contributed by atoms with Crippen molar-refractivity contribution < 1.29 is 14.6 Å². The molecule has 5 saturated carbocycles. The summed E-state index contributed by atoms with van der Waals surface area (Å²) >= 11 is 0. The largest absolute Gasteiger partial charge is 0.462 e. The van der Waals surface area contributed by atoms with Crippen LogP contribution in [0.4, 0.5) is 0 Å². The van der Waals surface area contributed by atoms with Crippen molar-refractivity contribution in [1.82, 2.24) is 0 Å². The Morgan fingerprint density at radius 1 is 0.723 bits per heavy atom. The third-order valence-electron chi connectivity index (χ3n) is 16.8. The van der Waals surface area contributed by atoms with Crippen LogP contribution < -0.4 is 0 Å². The Kier molecular flexibility index (Phi) is 11.8. The van der Waals surface area contributed by atoms with Gasteiger partial charge in [0.05, 0.1) is 0 Å². The number of allylic oxidation sites excluding steroid dienone is 1. The van der Waals surface area contributed by atoms with Crippen LogP contribution in [0.5, 0.6) is 0 Å². The number of carbonyl (C=O) groups is 1. The van der Waals surface area contributed by atoms with E-state index in [1.165, 1.54) is 121 Å². The van der Waals surface area contributed by atoms with E-state index in [9.17, 15) is 9.90 Å².